The van der Waals surface area contributed by atoms with E-state index in [-0.39, 0.29) is 12.1 Å². The molecule has 2 rings (SSSR count). The van der Waals surface area contributed by atoms with Crippen LogP contribution in [0.4, 0.5) is 0 Å². The van der Waals surface area contributed by atoms with Crippen LogP contribution in [0.25, 0.3) is 0 Å². The minimum Gasteiger partial charge on any atom is -0.374 e. The van der Waals surface area contributed by atoms with Crippen LogP contribution in [0.2, 0.25) is 0 Å². The van der Waals surface area contributed by atoms with Gasteiger partial charge in [-0.25, -0.2) is 0 Å². The van der Waals surface area contributed by atoms with Gasteiger partial charge in [-0.2, -0.15) is 5.10 Å². The van der Waals surface area contributed by atoms with Crippen molar-refractivity contribution in [3.8, 4) is 0 Å². The molecule has 5 nitrogen and oxygen atoms in total. The number of ether oxygens (including phenoxy) is 1. The van der Waals surface area contributed by atoms with Crippen molar-refractivity contribution in [1.82, 2.24) is 14.7 Å². The van der Waals surface area contributed by atoms with Gasteiger partial charge in [0.25, 0.3) is 0 Å². The highest BCUT2D eigenvalue weighted by Gasteiger charge is 2.34. The maximum Gasteiger partial charge on any atom is 0.0895 e. The smallest absolute Gasteiger partial charge is 0.0895 e. The normalized spacial score (nSPS) is 25.4. The Morgan fingerprint density at radius 1 is 1.37 bits per heavy atom. The Bertz CT molecular complexity index is 402. The number of aromatic nitrogens is 2. The molecular formula is C14H26N4O. The molecule has 0 radical (unpaired) electrons. The SMILES string of the molecule is CC(C)N1CCOC(CN)C1c1cnn(C(C)C)c1. The fourth-order valence-corrected chi connectivity index (χ4v) is 2.72. The Labute approximate surface area is 115 Å². The second-order valence-corrected chi connectivity index (χ2v) is 5.77. The van der Waals surface area contributed by atoms with Gasteiger partial charge in [0.15, 0.2) is 0 Å². The largest absolute Gasteiger partial charge is 0.374 e. The van der Waals surface area contributed by atoms with E-state index >= 15 is 0 Å². The van der Waals surface area contributed by atoms with Crippen LogP contribution in [0.15, 0.2) is 12.4 Å². The van der Waals surface area contributed by atoms with Crippen LogP contribution in [0.5, 0.6) is 0 Å². The molecule has 0 bridgehead atoms. The van der Waals surface area contributed by atoms with Gasteiger partial charge in [-0.15, -0.1) is 0 Å². The zero-order valence-electron chi connectivity index (χ0n) is 12.4. The zero-order chi connectivity index (χ0) is 14.0. The van der Waals surface area contributed by atoms with Gasteiger partial charge < -0.3 is 10.5 Å². The van der Waals surface area contributed by atoms with E-state index in [1.807, 2.05) is 10.9 Å². The molecule has 1 aliphatic rings. The monoisotopic (exact) mass is 266 g/mol. The Kier molecular flexibility index (Phi) is 4.60. The molecule has 0 aromatic carbocycles. The third-order valence-corrected chi connectivity index (χ3v) is 3.78. The van der Waals surface area contributed by atoms with Crippen LogP contribution >= 0.6 is 0 Å². The van der Waals surface area contributed by atoms with Gasteiger partial charge in [0.2, 0.25) is 0 Å². The number of nitrogens with zero attached hydrogens (tertiary/aromatic N) is 3. The lowest BCUT2D eigenvalue weighted by molar-refractivity contribution is -0.0789. The standard InChI is InChI=1S/C14H26N4O/c1-10(2)17-5-6-19-13(7-15)14(17)12-8-16-18(9-12)11(3)4/h8-11,13-14H,5-7,15H2,1-4H3. The summed E-state index contributed by atoms with van der Waals surface area (Å²) < 4.78 is 7.84. The molecule has 19 heavy (non-hydrogen) atoms. The van der Waals surface area contributed by atoms with Gasteiger partial charge in [-0.05, 0) is 27.7 Å². The number of hydrogen-bond acceptors (Lipinski definition) is 4. The number of rotatable bonds is 4. The first kappa shape index (κ1) is 14.5. The summed E-state index contributed by atoms with van der Waals surface area (Å²) in [5, 5.41) is 4.45. The van der Waals surface area contributed by atoms with Gasteiger partial charge in [0, 0.05) is 36.9 Å². The second kappa shape index (κ2) is 6.03. The maximum absolute atomic E-state index is 5.88. The number of hydrogen-bond donors (Lipinski definition) is 1. The van der Waals surface area contributed by atoms with Gasteiger partial charge in [-0.1, -0.05) is 0 Å². The second-order valence-electron chi connectivity index (χ2n) is 5.77. The molecule has 0 spiro atoms. The molecule has 0 amide bonds. The first-order valence-electron chi connectivity index (χ1n) is 7.16. The van der Waals surface area contributed by atoms with E-state index in [0.717, 1.165) is 13.2 Å². The molecule has 1 aromatic heterocycles. The van der Waals surface area contributed by atoms with Crippen molar-refractivity contribution in [2.24, 2.45) is 5.73 Å². The molecule has 108 valence electrons. The lowest BCUT2D eigenvalue weighted by Crippen LogP contribution is -2.50. The van der Waals surface area contributed by atoms with E-state index < -0.39 is 0 Å². The molecule has 0 aliphatic carbocycles. The van der Waals surface area contributed by atoms with Gasteiger partial charge in [-0.3, -0.25) is 9.58 Å². The topological polar surface area (TPSA) is 56.3 Å². The molecule has 1 fully saturated rings. The fourth-order valence-electron chi connectivity index (χ4n) is 2.72. The third kappa shape index (κ3) is 2.99. The van der Waals surface area contributed by atoms with Crippen molar-refractivity contribution >= 4 is 0 Å². The molecule has 2 atom stereocenters. The Hall–Kier alpha value is -0.910. The van der Waals surface area contributed by atoms with Crippen molar-refractivity contribution in [2.75, 3.05) is 19.7 Å². The van der Waals surface area contributed by atoms with E-state index in [0.29, 0.717) is 18.6 Å². The third-order valence-electron chi connectivity index (χ3n) is 3.78. The zero-order valence-corrected chi connectivity index (χ0v) is 12.4. The molecule has 0 saturated carbocycles. The summed E-state index contributed by atoms with van der Waals surface area (Å²) in [5.74, 6) is 0. The van der Waals surface area contributed by atoms with Crippen molar-refractivity contribution in [2.45, 2.75) is 51.9 Å². The average molecular weight is 266 g/mol. The molecule has 2 unspecified atom stereocenters. The first-order chi connectivity index (χ1) is 9.04. The predicted molar refractivity (Wildman–Crippen MR) is 76.0 cm³/mol. The highest BCUT2D eigenvalue weighted by Crippen LogP contribution is 2.31. The van der Waals surface area contributed by atoms with Gasteiger partial charge >= 0.3 is 0 Å². The summed E-state index contributed by atoms with van der Waals surface area (Å²) in [6, 6.07) is 1.07. The average Bonchev–Trinajstić information content (AvgIpc) is 2.87. The number of morpholine rings is 1. The van der Waals surface area contributed by atoms with Crippen LogP contribution in [0.1, 0.15) is 45.3 Å². The van der Waals surface area contributed by atoms with Crippen LogP contribution in [0.3, 0.4) is 0 Å². The molecule has 1 aromatic rings. The molecule has 1 aliphatic heterocycles. The Balaban J connectivity index is 2.28. The lowest BCUT2D eigenvalue weighted by atomic mass is 9.99. The highest BCUT2D eigenvalue weighted by molar-refractivity contribution is 5.15. The Morgan fingerprint density at radius 3 is 2.63 bits per heavy atom. The van der Waals surface area contributed by atoms with E-state index in [1.54, 1.807) is 0 Å². The summed E-state index contributed by atoms with van der Waals surface area (Å²) in [6.07, 6.45) is 4.14. The summed E-state index contributed by atoms with van der Waals surface area (Å²) >= 11 is 0. The van der Waals surface area contributed by atoms with Crippen LogP contribution < -0.4 is 5.73 Å². The Morgan fingerprint density at radius 2 is 2.11 bits per heavy atom. The van der Waals surface area contributed by atoms with E-state index in [1.165, 1.54) is 5.56 Å². The predicted octanol–water partition coefficient (Wildman–Crippen LogP) is 1.57. The molecule has 1 saturated heterocycles. The lowest BCUT2D eigenvalue weighted by Gasteiger charge is -2.42. The summed E-state index contributed by atoms with van der Waals surface area (Å²) in [7, 11) is 0. The van der Waals surface area contributed by atoms with E-state index in [2.05, 4.69) is 43.9 Å². The molecule has 2 N–H and O–H groups in total. The fraction of sp³-hybridized carbons (Fsp3) is 0.786. The summed E-state index contributed by atoms with van der Waals surface area (Å²) in [4.78, 5) is 2.46. The van der Waals surface area contributed by atoms with Crippen LogP contribution in [-0.2, 0) is 4.74 Å². The van der Waals surface area contributed by atoms with Crippen LogP contribution in [0, 0.1) is 0 Å². The van der Waals surface area contributed by atoms with Crippen molar-refractivity contribution < 1.29 is 4.74 Å². The quantitative estimate of drug-likeness (QED) is 0.899. The van der Waals surface area contributed by atoms with Crippen molar-refractivity contribution in [1.29, 1.82) is 0 Å². The minimum atomic E-state index is 0.0564. The van der Waals surface area contributed by atoms with Crippen molar-refractivity contribution in [3.63, 3.8) is 0 Å². The molecule has 5 heteroatoms. The summed E-state index contributed by atoms with van der Waals surface area (Å²) in [6.45, 7) is 11.0. The van der Waals surface area contributed by atoms with Gasteiger partial charge in [0.1, 0.15) is 0 Å². The van der Waals surface area contributed by atoms with E-state index in [9.17, 15) is 0 Å². The molecular weight excluding hydrogens is 240 g/mol. The summed E-state index contributed by atoms with van der Waals surface area (Å²) in [5.41, 5.74) is 7.09. The van der Waals surface area contributed by atoms with E-state index in [4.69, 9.17) is 10.5 Å². The molecule has 2 heterocycles. The van der Waals surface area contributed by atoms with Crippen LogP contribution in [-0.4, -0.2) is 46.5 Å². The number of nitrogens with two attached hydrogens (primary N) is 1. The highest BCUT2D eigenvalue weighted by atomic mass is 16.5. The van der Waals surface area contributed by atoms with Crippen molar-refractivity contribution in [3.05, 3.63) is 18.0 Å². The maximum atomic E-state index is 5.88. The first-order valence-corrected chi connectivity index (χ1v) is 7.16. The minimum absolute atomic E-state index is 0.0564. The van der Waals surface area contributed by atoms with Gasteiger partial charge in [0.05, 0.1) is 24.9 Å².